The minimum atomic E-state index is 1.22. The van der Waals surface area contributed by atoms with Crippen molar-refractivity contribution >= 4 is 6.08 Å². The lowest BCUT2D eigenvalue weighted by molar-refractivity contribution is 1.46. The lowest BCUT2D eigenvalue weighted by Gasteiger charge is -1.92. The quantitative estimate of drug-likeness (QED) is 0.559. The minimum Gasteiger partial charge on any atom is -0.0991 e. The van der Waals surface area contributed by atoms with Gasteiger partial charge in [-0.25, -0.2) is 0 Å². The first kappa shape index (κ1) is 7.80. The first-order valence-electron chi connectivity index (χ1n) is 3.68. The molecular weight excluding hydrogens is 132 g/mol. The van der Waals surface area contributed by atoms with Gasteiger partial charge in [0, 0.05) is 0 Å². The van der Waals surface area contributed by atoms with Gasteiger partial charge in [0.05, 0.1) is 0 Å². The Balaban J connectivity index is 2.81. The van der Waals surface area contributed by atoms with Crippen LogP contribution in [0.3, 0.4) is 0 Å². The summed E-state index contributed by atoms with van der Waals surface area (Å²) >= 11 is 0. The number of aryl methyl sites for hydroxylation is 1. The number of rotatable bonds is 2. The van der Waals surface area contributed by atoms with Gasteiger partial charge in [-0.2, -0.15) is 0 Å². The molecule has 0 heteroatoms. The van der Waals surface area contributed by atoms with Crippen molar-refractivity contribution in [1.29, 1.82) is 0 Å². The van der Waals surface area contributed by atoms with E-state index in [-0.39, 0.29) is 0 Å². The maximum absolute atomic E-state index is 3.61. The molecule has 0 fully saturated rings. The van der Waals surface area contributed by atoms with Gasteiger partial charge >= 0.3 is 0 Å². The molecule has 0 atom stereocenters. The second-order valence-corrected chi connectivity index (χ2v) is 2.51. The number of benzene rings is 1. The maximum Gasteiger partial charge on any atom is -0.0256 e. The maximum atomic E-state index is 3.61. The molecule has 56 valence electrons. The lowest BCUT2D eigenvalue weighted by Crippen LogP contribution is -1.72. The molecule has 0 aliphatic rings. The number of hydrogen-bond acceptors (Lipinski definition) is 0. The third-order valence-corrected chi connectivity index (χ3v) is 1.50. The minimum absolute atomic E-state index is 1.22. The van der Waals surface area contributed by atoms with E-state index in [1.807, 2.05) is 12.2 Å². The second kappa shape index (κ2) is 3.77. The molecule has 0 bridgehead atoms. The van der Waals surface area contributed by atoms with Crippen LogP contribution in [0.1, 0.15) is 11.1 Å². The lowest BCUT2D eigenvalue weighted by atomic mass is 10.1. The van der Waals surface area contributed by atoms with E-state index in [1.165, 1.54) is 11.1 Å². The molecule has 0 radical (unpaired) electrons. The van der Waals surface area contributed by atoms with Crippen molar-refractivity contribution in [3.8, 4) is 0 Å². The van der Waals surface area contributed by atoms with Gasteiger partial charge in [0.1, 0.15) is 0 Å². The van der Waals surface area contributed by atoms with Crippen molar-refractivity contribution in [2.45, 2.75) is 6.92 Å². The van der Waals surface area contributed by atoms with Gasteiger partial charge in [0.15, 0.2) is 0 Å². The molecule has 0 saturated carbocycles. The van der Waals surface area contributed by atoms with E-state index in [0.29, 0.717) is 0 Å². The van der Waals surface area contributed by atoms with Gasteiger partial charge in [-0.05, 0) is 12.5 Å². The Bertz CT molecular complexity index is 252. The molecule has 1 rings (SSSR count). The third-order valence-electron chi connectivity index (χ3n) is 1.50. The summed E-state index contributed by atoms with van der Waals surface area (Å²) < 4.78 is 0. The van der Waals surface area contributed by atoms with E-state index in [1.54, 1.807) is 6.08 Å². The van der Waals surface area contributed by atoms with E-state index in [4.69, 9.17) is 0 Å². The highest BCUT2D eigenvalue weighted by Gasteiger charge is 1.83. The zero-order valence-electron chi connectivity index (χ0n) is 6.75. The average molecular weight is 144 g/mol. The van der Waals surface area contributed by atoms with Crippen LogP contribution in [0.25, 0.3) is 6.08 Å². The van der Waals surface area contributed by atoms with Gasteiger partial charge < -0.3 is 0 Å². The average Bonchev–Trinajstić information content (AvgIpc) is 2.04. The van der Waals surface area contributed by atoms with Crippen molar-refractivity contribution < 1.29 is 0 Å². The topological polar surface area (TPSA) is 0 Å². The number of allylic oxidation sites excluding steroid dienone is 2. The summed E-state index contributed by atoms with van der Waals surface area (Å²) in [6.45, 7) is 5.69. The first-order valence-corrected chi connectivity index (χ1v) is 3.68. The summed E-state index contributed by atoms with van der Waals surface area (Å²) in [5.41, 5.74) is 2.51. The molecule has 0 aromatic heterocycles. The molecule has 0 aliphatic heterocycles. The van der Waals surface area contributed by atoms with Crippen LogP contribution in [0.4, 0.5) is 0 Å². The highest BCUT2D eigenvalue weighted by Crippen LogP contribution is 2.04. The van der Waals surface area contributed by atoms with Crippen LogP contribution in [0.5, 0.6) is 0 Å². The summed E-state index contributed by atoms with van der Waals surface area (Å²) in [7, 11) is 0. The van der Waals surface area contributed by atoms with Crippen LogP contribution in [-0.4, -0.2) is 0 Å². The SMILES string of the molecule is C=C/C=C\c1ccc(C)cc1. The largest absolute Gasteiger partial charge is 0.0991 e. The fourth-order valence-electron chi connectivity index (χ4n) is 0.857. The smallest absolute Gasteiger partial charge is 0.0256 e. The second-order valence-electron chi connectivity index (χ2n) is 2.51. The molecule has 0 nitrogen and oxygen atoms in total. The van der Waals surface area contributed by atoms with Crippen LogP contribution >= 0.6 is 0 Å². The summed E-state index contributed by atoms with van der Waals surface area (Å²) in [6.07, 6.45) is 5.75. The van der Waals surface area contributed by atoms with Gasteiger partial charge in [0.2, 0.25) is 0 Å². The molecule has 0 saturated heterocycles. The van der Waals surface area contributed by atoms with Gasteiger partial charge in [-0.1, -0.05) is 54.6 Å². The fraction of sp³-hybridized carbons (Fsp3) is 0.0909. The van der Waals surface area contributed by atoms with E-state index in [2.05, 4.69) is 37.8 Å². The predicted octanol–water partition coefficient (Wildman–Crippen LogP) is 3.19. The Kier molecular flexibility index (Phi) is 2.67. The zero-order chi connectivity index (χ0) is 8.10. The van der Waals surface area contributed by atoms with Gasteiger partial charge in [-0.3, -0.25) is 0 Å². The summed E-state index contributed by atoms with van der Waals surface area (Å²) in [5.74, 6) is 0. The van der Waals surface area contributed by atoms with E-state index in [9.17, 15) is 0 Å². The Labute approximate surface area is 67.9 Å². The monoisotopic (exact) mass is 144 g/mol. The predicted molar refractivity (Wildman–Crippen MR) is 50.4 cm³/mol. The van der Waals surface area contributed by atoms with Gasteiger partial charge in [0.25, 0.3) is 0 Å². The number of hydrogen-bond donors (Lipinski definition) is 0. The third kappa shape index (κ3) is 2.42. The standard InChI is InChI=1S/C11H12/c1-3-4-5-11-8-6-10(2)7-9-11/h3-9H,1H2,2H3/b5-4-. The molecule has 0 spiro atoms. The van der Waals surface area contributed by atoms with Crippen molar-refractivity contribution in [2.24, 2.45) is 0 Å². The van der Waals surface area contributed by atoms with Crippen molar-refractivity contribution in [3.05, 3.63) is 54.1 Å². The van der Waals surface area contributed by atoms with Crippen LogP contribution in [0.2, 0.25) is 0 Å². The molecule has 0 heterocycles. The van der Waals surface area contributed by atoms with Crippen molar-refractivity contribution in [3.63, 3.8) is 0 Å². The van der Waals surface area contributed by atoms with Crippen LogP contribution in [0.15, 0.2) is 43.0 Å². The molecule has 0 aliphatic carbocycles. The normalized spacial score (nSPS) is 10.3. The van der Waals surface area contributed by atoms with E-state index >= 15 is 0 Å². The Morgan fingerprint density at radius 1 is 1.18 bits per heavy atom. The van der Waals surface area contributed by atoms with Crippen LogP contribution < -0.4 is 0 Å². The van der Waals surface area contributed by atoms with E-state index in [0.717, 1.165) is 0 Å². The highest BCUT2D eigenvalue weighted by atomic mass is 13.9. The first-order chi connectivity index (χ1) is 5.33. The van der Waals surface area contributed by atoms with Gasteiger partial charge in [-0.15, -0.1) is 0 Å². The molecule has 1 aromatic carbocycles. The zero-order valence-corrected chi connectivity index (χ0v) is 6.75. The summed E-state index contributed by atoms with van der Waals surface area (Å²) in [6, 6.07) is 8.39. The Morgan fingerprint density at radius 3 is 2.36 bits per heavy atom. The van der Waals surface area contributed by atoms with Crippen LogP contribution in [0, 0.1) is 6.92 Å². The Morgan fingerprint density at radius 2 is 1.82 bits per heavy atom. The highest BCUT2D eigenvalue weighted by molar-refractivity contribution is 5.51. The summed E-state index contributed by atoms with van der Waals surface area (Å²) in [4.78, 5) is 0. The Hall–Kier alpha value is -1.30. The van der Waals surface area contributed by atoms with E-state index < -0.39 is 0 Å². The van der Waals surface area contributed by atoms with Crippen molar-refractivity contribution in [2.75, 3.05) is 0 Å². The van der Waals surface area contributed by atoms with Crippen molar-refractivity contribution in [1.82, 2.24) is 0 Å². The molecule has 0 amide bonds. The van der Waals surface area contributed by atoms with Crippen LogP contribution in [-0.2, 0) is 0 Å². The molecule has 1 aromatic rings. The fourth-order valence-corrected chi connectivity index (χ4v) is 0.857. The molecule has 11 heavy (non-hydrogen) atoms. The molecular formula is C11H12. The molecule has 0 unspecified atom stereocenters. The summed E-state index contributed by atoms with van der Waals surface area (Å²) in [5, 5.41) is 0. The molecule has 0 N–H and O–H groups in total.